The Morgan fingerprint density at radius 2 is 2.19 bits per heavy atom. The minimum absolute atomic E-state index is 0.0134. The van der Waals surface area contributed by atoms with Crippen LogP contribution in [0.4, 0.5) is 0 Å². The molecular formula is C10H7ClN2O3. The maximum absolute atomic E-state index is 10.7. The van der Waals surface area contributed by atoms with Crippen LogP contribution in [-0.2, 0) is 0 Å². The van der Waals surface area contributed by atoms with E-state index in [0.29, 0.717) is 10.7 Å². The first kappa shape index (κ1) is 10.5. The number of hydrogen-bond donors (Lipinski definition) is 2. The SMILES string of the molecule is O=C(O)c1ccc(-n2cc(Cl)cn2)c(O)c1. The van der Waals surface area contributed by atoms with Gasteiger partial charge in [-0.25, -0.2) is 9.48 Å². The van der Waals surface area contributed by atoms with E-state index in [4.69, 9.17) is 16.7 Å². The number of aromatic nitrogens is 2. The van der Waals surface area contributed by atoms with Crippen LogP contribution in [0.1, 0.15) is 10.4 Å². The van der Waals surface area contributed by atoms with Crippen molar-refractivity contribution in [2.45, 2.75) is 0 Å². The number of carboxylic acids is 1. The van der Waals surface area contributed by atoms with Crippen LogP contribution in [0.2, 0.25) is 5.02 Å². The Labute approximate surface area is 95.5 Å². The predicted octanol–water partition coefficient (Wildman–Crippen LogP) is 1.93. The fourth-order valence-electron chi connectivity index (χ4n) is 1.28. The Bertz CT molecular complexity index is 551. The van der Waals surface area contributed by atoms with Gasteiger partial charge in [0.25, 0.3) is 0 Å². The van der Waals surface area contributed by atoms with Crippen LogP contribution in [0.25, 0.3) is 5.69 Å². The van der Waals surface area contributed by atoms with E-state index in [0.717, 1.165) is 6.07 Å². The molecule has 0 aliphatic rings. The number of phenols is 1. The van der Waals surface area contributed by atoms with E-state index in [9.17, 15) is 9.90 Å². The van der Waals surface area contributed by atoms with Gasteiger partial charge in [0, 0.05) is 6.20 Å². The van der Waals surface area contributed by atoms with Gasteiger partial charge in [-0.3, -0.25) is 0 Å². The molecule has 2 N–H and O–H groups in total. The minimum atomic E-state index is -1.10. The highest BCUT2D eigenvalue weighted by Crippen LogP contribution is 2.23. The number of phenolic OH excluding ortho intramolecular Hbond substituents is 1. The van der Waals surface area contributed by atoms with Crippen LogP contribution in [0, 0.1) is 0 Å². The third kappa shape index (κ3) is 1.85. The van der Waals surface area contributed by atoms with Crippen LogP contribution in [0.15, 0.2) is 30.6 Å². The summed E-state index contributed by atoms with van der Waals surface area (Å²) in [6, 6.07) is 4.00. The molecule has 0 aliphatic heterocycles. The molecule has 0 amide bonds. The fourth-order valence-corrected chi connectivity index (χ4v) is 1.42. The average Bonchev–Trinajstić information content (AvgIpc) is 2.64. The molecule has 0 radical (unpaired) electrons. The van der Waals surface area contributed by atoms with E-state index in [1.807, 2.05) is 0 Å². The number of aromatic hydroxyl groups is 1. The van der Waals surface area contributed by atoms with Crippen LogP contribution < -0.4 is 0 Å². The highest BCUT2D eigenvalue weighted by Gasteiger charge is 2.09. The van der Waals surface area contributed by atoms with Crippen LogP contribution >= 0.6 is 11.6 Å². The normalized spacial score (nSPS) is 10.3. The lowest BCUT2D eigenvalue weighted by atomic mass is 10.2. The summed E-state index contributed by atoms with van der Waals surface area (Å²) in [5.74, 6) is -1.26. The molecule has 2 rings (SSSR count). The topological polar surface area (TPSA) is 75.3 Å². The van der Waals surface area contributed by atoms with Gasteiger partial charge in [-0.1, -0.05) is 11.6 Å². The Balaban J connectivity index is 2.47. The Morgan fingerprint density at radius 3 is 2.69 bits per heavy atom. The maximum Gasteiger partial charge on any atom is 0.335 e. The zero-order valence-electron chi connectivity index (χ0n) is 7.96. The van der Waals surface area contributed by atoms with Gasteiger partial charge in [-0.05, 0) is 18.2 Å². The summed E-state index contributed by atoms with van der Waals surface area (Å²) in [4.78, 5) is 10.7. The summed E-state index contributed by atoms with van der Waals surface area (Å²) in [5.41, 5.74) is 0.386. The lowest BCUT2D eigenvalue weighted by molar-refractivity contribution is 0.0696. The van der Waals surface area contributed by atoms with E-state index in [1.165, 1.54) is 29.2 Å². The summed E-state index contributed by atoms with van der Waals surface area (Å²) in [7, 11) is 0. The predicted molar refractivity (Wildman–Crippen MR) is 57.2 cm³/mol. The molecule has 0 saturated heterocycles. The largest absolute Gasteiger partial charge is 0.506 e. The molecule has 5 nitrogen and oxygen atoms in total. The zero-order valence-corrected chi connectivity index (χ0v) is 8.72. The Hall–Kier alpha value is -2.01. The number of carboxylic acid groups (broad SMARTS) is 1. The van der Waals surface area contributed by atoms with Gasteiger partial charge in [-0.15, -0.1) is 0 Å². The van der Waals surface area contributed by atoms with Crippen molar-refractivity contribution in [3.05, 3.63) is 41.2 Å². The first-order valence-electron chi connectivity index (χ1n) is 4.35. The van der Waals surface area contributed by atoms with Crippen molar-refractivity contribution in [2.75, 3.05) is 0 Å². The van der Waals surface area contributed by atoms with E-state index in [1.54, 1.807) is 0 Å². The first-order valence-corrected chi connectivity index (χ1v) is 4.72. The molecule has 1 aromatic carbocycles. The number of hydrogen-bond acceptors (Lipinski definition) is 3. The number of halogens is 1. The van der Waals surface area contributed by atoms with Crippen molar-refractivity contribution in [1.29, 1.82) is 0 Å². The van der Waals surface area contributed by atoms with Gasteiger partial charge < -0.3 is 10.2 Å². The molecule has 1 heterocycles. The number of nitrogens with zero attached hydrogens (tertiary/aromatic N) is 2. The molecule has 0 atom stereocenters. The monoisotopic (exact) mass is 238 g/mol. The van der Waals surface area contributed by atoms with Gasteiger partial charge in [0.2, 0.25) is 0 Å². The summed E-state index contributed by atoms with van der Waals surface area (Å²) < 4.78 is 1.36. The van der Waals surface area contributed by atoms with Crippen molar-refractivity contribution in [3.8, 4) is 11.4 Å². The lowest BCUT2D eigenvalue weighted by Gasteiger charge is -2.04. The van der Waals surface area contributed by atoms with Gasteiger partial charge in [0.1, 0.15) is 11.4 Å². The van der Waals surface area contributed by atoms with E-state index in [2.05, 4.69) is 5.10 Å². The van der Waals surface area contributed by atoms with E-state index < -0.39 is 5.97 Å². The molecule has 0 spiro atoms. The number of benzene rings is 1. The van der Waals surface area contributed by atoms with Crippen molar-refractivity contribution < 1.29 is 15.0 Å². The number of aromatic carboxylic acids is 1. The summed E-state index contributed by atoms with van der Waals surface area (Å²) in [6.07, 6.45) is 2.93. The molecule has 0 fully saturated rings. The first-order chi connectivity index (χ1) is 7.58. The summed E-state index contributed by atoms with van der Waals surface area (Å²) in [6.45, 7) is 0. The third-order valence-corrected chi connectivity index (χ3v) is 2.22. The van der Waals surface area contributed by atoms with Gasteiger partial charge in [0.05, 0.1) is 16.8 Å². The van der Waals surface area contributed by atoms with Crippen LogP contribution in [0.5, 0.6) is 5.75 Å². The number of carbonyl (C=O) groups is 1. The fraction of sp³-hybridized carbons (Fsp3) is 0. The smallest absolute Gasteiger partial charge is 0.335 e. The Kier molecular flexibility index (Phi) is 2.54. The van der Waals surface area contributed by atoms with Crippen molar-refractivity contribution in [3.63, 3.8) is 0 Å². The molecule has 0 saturated carbocycles. The molecular weight excluding hydrogens is 232 g/mol. The highest BCUT2D eigenvalue weighted by molar-refractivity contribution is 6.30. The van der Waals surface area contributed by atoms with E-state index in [-0.39, 0.29) is 11.3 Å². The maximum atomic E-state index is 10.7. The second kappa shape index (κ2) is 3.86. The average molecular weight is 239 g/mol. The van der Waals surface area contributed by atoms with Gasteiger partial charge >= 0.3 is 5.97 Å². The molecule has 0 unspecified atom stereocenters. The third-order valence-electron chi connectivity index (χ3n) is 2.02. The van der Waals surface area contributed by atoms with Gasteiger partial charge in [0.15, 0.2) is 0 Å². The van der Waals surface area contributed by atoms with Crippen molar-refractivity contribution in [1.82, 2.24) is 9.78 Å². The molecule has 0 bridgehead atoms. The molecule has 0 aliphatic carbocycles. The van der Waals surface area contributed by atoms with E-state index >= 15 is 0 Å². The lowest BCUT2D eigenvalue weighted by Crippen LogP contribution is -1.99. The second-order valence-corrected chi connectivity index (χ2v) is 3.55. The number of rotatable bonds is 2. The molecule has 82 valence electrons. The second-order valence-electron chi connectivity index (χ2n) is 3.11. The van der Waals surface area contributed by atoms with Gasteiger partial charge in [-0.2, -0.15) is 5.10 Å². The van der Waals surface area contributed by atoms with Crippen LogP contribution in [0.3, 0.4) is 0 Å². The Morgan fingerprint density at radius 1 is 1.44 bits per heavy atom. The molecule has 1 aromatic heterocycles. The minimum Gasteiger partial charge on any atom is -0.506 e. The van der Waals surface area contributed by atoms with Crippen molar-refractivity contribution >= 4 is 17.6 Å². The summed E-state index contributed by atoms with van der Waals surface area (Å²) in [5, 5.41) is 22.7. The zero-order chi connectivity index (χ0) is 11.7. The van der Waals surface area contributed by atoms with Crippen molar-refractivity contribution in [2.24, 2.45) is 0 Å². The summed E-state index contributed by atoms with van der Waals surface area (Å²) >= 11 is 5.69. The highest BCUT2D eigenvalue weighted by atomic mass is 35.5. The molecule has 2 aromatic rings. The molecule has 16 heavy (non-hydrogen) atoms. The standard InChI is InChI=1S/C10H7ClN2O3/c11-7-4-12-13(5-7)8-2-1-6(10(15)16)3-9(8)14/h1-5,14H,(H,15,16). The molecule has 6 heteroatoms. The quantitative estimate of drug-likeness (QED) is 0.838. The van der Waals surface area contributed by atoms with Crippen LogP contribution in [-0.4, -0.2) is 26.0 Å².